The van der Waals surface area contributed by atoms with E-state index in [1.807, 2.05) is 31.4 Å². The van der Waals surface area contributed by atoms with Crippen molar-refractivity contribution in [1.29, 1.82) is 0 Å². The summed E-state index contributed by atoms with van der Waals surface area (Å²) in [6, 6.07) is 12.7. The fourth-order valence-corrected chi connectivity index (χ4v) is 3.04. The van der Waals surface area contributed by atoms with Crippen molar-refractivity contribution in [2.45, 2.75) is 0 Å². The molecule has 2 heterocycles. The Balaban J connectivity index is 1.71. The van der Waals surface area contributed by atoms with Gasteiger partial charge in [-0.15, -0.1) is 0 Å². The molecule has 30 heavy (non-hydrogen) atoms. The molecule has 0 radical (unpaired) electrons. The van der Waals surface area contributed by atoms with Crippen LogP contribution < -0.4 is 16.0 Å². The standard InChI is InChI=1S/C21H18ClN7O/c1-3-19(30)24-14-5-4-6-15(10-14)25-20-17-8-7-13(22)9-18(17)27-21(28-20)26-16-11-23-29(2)12-16/h3-12H,1H2,2H3,(H,24,30)(H2,25,26,27,28). The molecule has 0 aliphatic carbocycles. The van der Waals surface area contributed by atoms with Crippen molar-refractivity contribution in [3.63, 3.8) is 0 Å². The molecule has 9 heteroatoms. The number of fused-ring (bicyclic) bond motifs is 1. The van der Waals surface area contributed by atoms with Crippen LogP contribution in [0.2, 0.25) is 5.02 Å². The van der Waals surface area contributed by atoms with Crippen molar-refractivity contribution < 1.29 is 4.79 Å². The quantitative estimate of drug-likeness (QED) is 0.394. The van der Waals surface area contributed by atoms with Gasteiger partial charge in [0.2, 0.25) is 11.9 Å². The highest BCUT2D eigenvalue weighted by Gasteiger charge is 2.10. The number of aromatic nitrogens is 4. The molecule has 0 fully saturated rings. The largest absolute Gasteiger partial charge is 0.339 e. The van der Waals surface area contributed by atoms with Gasteiger partial charge in [-0.1, -0.05) is 24.2 Å². The molecule has 8 nitrogen and oxygen atoms in total. The lowest BCUT2D eigenvalue weighted by Gasteiger charge is -2.12. The molecular formula is C21H18ClN7O. The van der Waals surface area contributed by atoms with Crippen molar-refractivity contribution in [2.24, 2.45) is 7.05 Å². The highest BCUT2D eigenvalue weighted by Crippen LogP contribution is 2.29. The maximum absolute atomic E-state index is 11.6. The Labute approximate surface area is 177 Å². The minimum atomic E-state index is -0.280. The molecule has 0 unspecified atom stereocenters. The molecule has 0 atom stereocenters. The van der Waals surface area contributed by atoms with E-state index in [9.17, 15) is 4.79 Å². The number of nitrogens with one attached hydrogen (secondary N) is 3. The van der Waals surface area contributed by atoms with Gasteiger partial charge in [0.05, 0.1) is 17.4 Å². The molecule has 4 aromatic rings. The van der Waals surface area contributed by atoms with Crippen LogP contribution >= 0.6 is 11.6 Å². The van der Waals surface area contributed by atoms with Gasteiger partial charge in [0.15, 0.2) is 0 Å². The number of halogens is 1. The number of benzene rings is 2. The lowest BCUT2D eigenvalue weighted by molar-refractivity contribution is -0.111. The zero-order chi connectivity index (χ0) is 21.1. The summed E-state index contributed by atoms with van der Waals surface area (Å²) in [5, 5.41) is 14.7. The van der Waals surface area contributed by atoms with E-state index in [1.54, 1.807) is 35.1 Å². The Kier molecular flexibility index (Phi) is 5.32. The van der Waals surface area contributed by atoms with Gasteiger partial charge in [-0.05, 0) is 42.5 Å². The zero-order valence-electron chi connectivity index (χ0n) is 16.1. The Hall–Kier alpha value is -3.91. The van der Waals surface area contributed by atoms with Gasteiger partial charge < -0.3 is 16.0 Å². The Morgan fingerprint density at radius 2 is 1.93 bits per heavy atom. The van der Waals surface area contributed by atoms with Gasteiger partial charge in [-0.3, -0.25) is 9.48 Å². The van der Waals surface area contributed by atoms with E-state index in [-0.39, 0.29) is 5.91 Å². The summed E-state index contributed by atoms with van der Waals surface area (Å²) in [5.74, 6) is 0.712. The highest BCUT2D eigenvalue weighted by molar-refractivity contribution is 6.31. The van der Waals surface area contributed by atoms with E-state index >= 15 is 0 Å². The monoisotopic (exact) mass is 419 g/mol. The van der Waals surface area contributed by atoms with Gasteiger partial charge in [0.1, 0.15) is 5.82 Å². The molecule has 2 aromatic heterocycles. The first kappa shape index (κ1) is 19.4. The summed E-state index contributed by atoms with van der Waals surface area (Å²) in [6.07, 6.45) is 4.73. The molecule has 2 aromatic carbocycles. The fourth-order valence-electron chi connectivity index (χ4n) is 2.87. The van der Waals surface area contributed by atoms with Crippen LogP contribution in [0.25, 0.3) is 10.9 Å². The van der Waals surface area contributed by atoms with E-state index < -0.39 is 0 Å². The van der Waals surface area contributed by atoms with E-state index in [0.29, 0.717) is 28.0 Å². The Morgan fingerprint density at radius 3 is 2.70 bits per heavy atom. The van der Waals surface area contributed by atoms with Crippen LogP contribution in [-0.4, -0.2) is 25.7 Å². The molecule has 1 amide bonds. The first-order chi connectivity index (χ1) is 14.5. The molecule has 0 spiro atoms. The third kappa shape index (κ3) is 4.39. The van der Waals surface area contributed by atoms with Crippen molar-refractivity contribution >= 4 is 57.2 Å². The number of carbonyl (C=O) groups excluding carboxylic acids is 1. The fraction of sp³-hybridized carbons (Fsp3) is 0.0476. The third-order valence-corrected chi connectivity index (χ3v) is 4.43. The number of nitrogens with zero attached hydrogens (tertiary/aromatic N) is 4. The Bertz CT molecular complexity index is 1250. The van der Waals surface area contributed by atoms with Crippen molar-refractivity contribution in [3.05, 3.63) is 72.5 Å². The minimum Gasteiger partial charge on any atom is -0.339 e. The molecule has 4 rings (SSSR count). The topological polar surface area (TPSA) is 96.8 Å². The summed E-state index contributed by atoms with van der Waals surface area (Å²) < 4.78 is 1.68. The van der Waals surface area contributed by atoms with Crippen LogP contribution in [0.4, 0.5) is 28.8 Å². The number of carbonyl (C=O) groups is 1. The summed E-state index contributed by atoms with van der Waals surface area (Å²) in [4.78, 5) is 20.8. The molecule has 3 N–H and O–H groups in total. The first-order valence-corrected chi connectivity index (χ1v) is 9.41. The predicted octanol–water partition coefficient (Wildman–Crippen LogP) is 4.63. The predicted molar refractivity (Wildman–Crippen MR) is 120 cm³/mol. The second kappa shape index (κ2) is 8.22. The Morgan fingerprint density at radius 1 is 1.10 bits per heavy atom. The normalized spacial score (nSPS) is 10.6. The highest BCUT2D eigenvalue weighted by atomic mass is 35.5. The molecule has 0 saturated heterocycles. The van der Waals surface area contributed by atoms with Gasteiger partial charge >= 0.3 is 0 Å². The third-order valence-electron chi connectivity index (χ3n) is 4.20. The number of hydrogen-bond donors (Lipinski definition) is 3. The molecule has 0 aliphatic rings. The number of hydrogen-bond acceptors (Lipinski definition) is 6. The van der Waals surface area contributed by atoms with Gasteiger partial charge in [-0.25, -0.2) is 4.98 Å². The second-order valence-electron chi connectivity index (χ2n) is 6.48. The van der Waals surface area contributed by atoms with Crippen LogP contribution in [0.3, 0.4) is 0 Å². The molecule has 0 bridgehead atoms. The summed E-state index contributed by atoms with van der Waals surface area (Å²) in [6.45, 7) is 3.47. The maximum Gasteiger partial charge on any atom is 0.247 e. The lowest BCUT2D eigenvalue weighted by Crippen LogP contribution is -2.07. The van der Waals surface area contributed by atoms with Crippen LogP contribution in [-0.2, 0) is 11.8 Å². The smallest absolute Gasteiger partial charge is 0.247 e. The van der Waals surface area contributed by atoms with Gasteiger partial charge in [0, 0.05) is 35.0 Å². The van der Waals surface area contributed by atoms with Crippen molar-refractivity contribution in [2.75, 3.05) is 16.0 Å². The van der Waals surface area contributed by atoms with Crippen LogP contribution in [0, 0.1) is 0 Å². The maximum atomic E-state index is 11.6. The first-order valence-electron chi connectivity index (χ1n) is 9.03. The molecule has 150 valence electrons. The lowest BCUT2D eigenvalue weighted by atomic mass is 10.2. The number of rotatable bonds is 6. The summed E-state index contributed by atoms with van der Waals surface area (Å²) in [5.41, 5.74) is 2.83. The SMILES string of the molecule is C=CC(=O)Nc1cccc(Nc2nc(Nc3cnn(C)c3)nc3cc(Cl)ccc23)c1. The molecular weight excluding hydrogens is 402 g/mol. The van der Waals surface area contributed by atoms with Gasteiger partial charge in [0.25, 0.3) is 0 Å². The van der Waals surface area contributed by atoms with Crippen LogP contribution in [0.1, 0.15) is 0 Å². The summed E-state index contributed by atoms with van der Waals surface area (Å²) in [7, 11) is 1.83. The second-order valence-corrected chi connectivity index (χ2v) is 6.92. The minimum absolute atomic E-state index is 0.280. The number of anilines is 5. The molecule has 0 saturated carbocycles. The summed E-state index contributed by atoms with van der Waals surface area (Å²) >= 11 is 6.17. The van der Waals surface area contributed by atoms with Crippen LogP contribution in [0.15, 0.2) is 67.5 Å². The van der Waals surface area contributed by atoms with E-state index in [1.165, 1.54) is 6.08 Å². The molecule has 0 aliphatic heterocycles. The van der Waals surface area contributed by atoms with E-state index in [0.717, 1.165) is 16.8 Å². The van der Waals surface area contributed by atoms with E-state index in [2.05, 4.69) is 37.6 Å². The van der Waals surface area contributed by atoms with Gasteiger partial charge in [-0.2, -0.15) is 10.1 Å². The average molecular weight is 420 g/mol. The van der Waals surface area contributed by atoms with Crippen LogP contribution in [0.5, 0.6) is 0 Å². The van der Waals surface area contributed by atoms with Crippen molar-refractivity contribution in [3.8, 4) is 0 Å². The number of amides is 1. The zero-order valence-corrected chi connectivity index (χ0v) is 16.8. The number of aryl methyl sites for hydroxylation is 1. The van der Waals surface area contributed by atoms with Crippen molar-refractivity contribution in [1.82, 2.24) is 19.7 Å². The average Bonchev–Trinajstić information content (AvgIpc) is 3.12. The van der Waals surface area contributed by atoms with E-state index in [4.69, 9.17) is 11.6 Å².